The maximum absolute atomic E-state index is 11.6. The number of carbonyl (C=O) groups is 1. The van der Waals surface area contributed by atoms with Gasteiger partial charge in [-0.25, -0.2) is 0 Å². The Balaban J connectivity index is 1.48. The number of carbonyl (C=O) groups excluding carboxylic acids is 1. The quantitative estimate of drug-likeness (QED) is 0.255. The molecule has 4 aromatic rings. The number of amides is 1. The fourth-order valence-electron chi connectivity index (χ4n) is 4.40. The van der Waals surface area contributed by atoms with Gasteiger partial charge in [0.1, 0.15) is 0 Å². The molecule has 0 radical (unpaired) electrons. The summed E-state index contributed by atoms with van der Waals surface area (Å²) in [6.45, 7) is 2.85. The summed E-state index contributed by atoms with van der Waals surface area (Å²) < 4.78 is 11.4. The van der Waals surface area contributed by atoms with Crippen molar-refractivity contribution in [2.45, 2.75) is 18.9 Å². The zero-order chi connectivity index (χ0) is 25.9. The van der Waals surface area contributed by atoms with Crippen LogP contribution in [0.3, 0.4) is 0 Å². The summed E-state index contributed by atoms with van der Waals surface area (Å²) >= 11 is 0. The van der Waals surface area contributed by atoms with Crippen LogP contribution < -0.4 is 15.2 Å². The van der Waals surface area contributed by atoms with Gasteiger partial charge in [0.2, 0.25) is 5.91 Å². The lowest BCUT2D eigenvalue weighted by Gasteiger charge is -2.28. The third kappa shape index (κ3) is 7.41. The van der Waals surface area contributed by atoms with Crippen LogP contribution in [0.5, 0.6) is 11.5 Å². The summed E-state index contributed by atoms with van der Waals surface area (Å²) in [6.07, 6.45) is 2.62. The number of rotatable bonds is 13. The molecule has 0 aliphatic heterocycles. The first-order chi connectivity index (χ1) is 18.1. The van der Waals surface area contributed by atoms with E-state index in [1.54, 1.807) is 25.3 Å². The molecule has 0 saturated heterocycles. The van der Waals surface area contributed by atoms with E-state index in [-0.39, 0.29) is 5.92 Å². The number of pyridine rings is 1. The van der Waals surface area contributed by atoms with Crippen LogP contribution in [0.25, 0.3) is 0 Å². The van der Waals surface area contributed by atoms with E-state index in [0.29, 0.717) is 23.7 Å². The Morgan fingerprint density at radius 2 is 1.57 bits per heavy atom. The summed E-state index contributed by atoms with van der Waals surface area (Å²) in [6, 6.07) is 32.2. The van der Waals surface area contributed by atoms with Crippen LogP contribution >= 0.6 is 0 Å². The Hall–Kier alpha value is -4.16. The van der Waals surface area contributed by atoms with Crippen LogP contribution in [0.4, 0.5) is 0 Å². The molecule has 0 aliphatic rings. The minimum Gasteiger partial charge on any atom is -0.493 e. The van der Waals surface area contributed by atoms with E-state index in [1.807, 2.05) is 18.3 Å². The van der Waals surface area contributed by atoms with E-state index in [9.17, 15) is 4.79 Å². The SMILES string of the molecule is COc1ccc(C(N)=O)cc1OCCCN(Cc1ccccn1)CC(c1ccccc1)c1ccccc1. The molecule has 3 aromatic carbocycles. The van der Waals surface area contributed by atoms with Crippen LogP contribution in [0.15, 0.2) is 103 Å². The predicted molar refractivity (Wildman–Crippen MR) is 146 cm³/mol. The summed E-state index contributed by atoms with van der Waals surface area (Å²) in [5.74, 6) is 0.811. The first-order valence-electron chi connectivity index (χ1n) is 12.5. The van der Waals surface area contributed by atoms with Crippen molar-refractivity contribution in [3.63, 3.8) is 0 Å². The number of hydrogen-bond acceptors (Lipinski definition) is 5. The minimum absolute atomic E-state index is 0.222. The second-order valence-corrected chi connectivity index (χ2v) is 8.86. The van der Waals surface area contributed by atoms with E-state index in [1.165, 1.54) is 11.1 Å². The average molecular weight is 496 g/mol. The van der Waals surface area contributed by atoms with Gasteiger partial charge in [0.15, 0.2) is 11.5 Å². The average Bonchev–Trinajstić information content (AvgIpc) is 2.95. The van der Waals surface area contributed by atoms with E-state index in [2.05, 4.69) is 76.6 Å². The molecule has 37 heavy (non-hydrogen) atoms. The van der Waals surface area contributed by atoms with Gasteiger partial charge >= 0.3 is 0 Å². The van der Waals surface area contributed by atoms with Crippen molar-refractivity contribution in [3.05, 3.63) is 126 Å². The Kier molecular flexibility index (Phi) is 9.27. The predicted octanol–water partition coefficient (Wildman–Crippen LogP) is 5.29. The summed E-state index contributed by atoms with van der Waals surface area (Å²) in [4.78, 5) is 18.6. The Labute approximate surface area is 218 Å². The first-order valence-corrected chi connectivity index (χ1v) is 12.5. The van der Waals surface area contributed by atoms with Crippen LogP contribution in [0, 0.1) is 0 Å². The molecule has 6 heteroatoms. The highest BCUT2D eigenvalue weighted by atomic mass is 16.5. The molecule has 0 spiro atoms. The molecule has 0 fully saturated rings. The Morgan fingerprint density at radius 3 is 2.16 bits per heavy atom. The van der Waals surface area contributed by atoms with Crippen molar-refractivity contribution in [1.82, 2.24) is 9.88 Å². The molecule has 0 aliphatic carbocycles. The number of nitrogens with two attached hydrogens (primary N) is 1. The van der Waals surface area contributed by atoms with Crippen molar-refractivity contribution in [2.75, 3.05) is 26.8 Å². The normalized spacial score (nSPS) is 11.0. The van der Waals surface area contributed by atoms with Crippen LogP contribution in [-0.4, -0.2) is 42.6 Å². The lowest BCUT2D eigenvalue weighted by Crippen LogP contribution is -2.31. The number of nitrogens with zero attached hydrogens (tertiary/aromatic N) is 2. The van der Waals surface area contributed by atoms with Gasteiger partial charge < -0.3 is 15.2 Å². The highest BCUT2D eigenvalue weighted by Gasteiger charge is 2.19. The van der Waals surface area contributed by atoms with Crippen LogP contribution in [-0.2, 0) is 6.54 Å². The molecule has 1 aromatic heterocycles. The van der Waals surface area contributed by atoms with Crippen molar-refractivity contribution >= 4 is 5.91 Å². The van der Waals surface area contributed by atoms with Gasteiger partial charge in [-0.3, -0.25) is 14.7 Å². The van der Waals surface area contributed by atoms with Crippen molar-refractivity contribution in [1.29, 1.82) is 0 Å². The van der Waals surface area contributed by atoms with Crippen molar-refractivity contribution in [2.24, 2.45) is 5.73 Å². The molecule has 2 N–H and O–H groups in total. The second kappa shape index (κ2) is 13.2. The molecule has 4 rings (SSSR count). The molecular weight excluding hydrogens is 462 g/mol. The van der Waals surface area contributed by atoms with Gasteiger partial charge in [-0.2, -0.15) is 0 Å². The highest BCUT2D eigenvalue weighted by molar-refractivity contribution is 5.93. The maximum atomic E-state index is 11.6. The molecular formula is C31H33N3O3. The maximum Gasteiger partial charge on any atom is 0.248 e. The van der Waals surface area contributed by atoms with Gasteiger partial charge in [0.05, 0.1) is 19.4 Å². The Morgan fingerprint density at radius 1 is 0.892 bits per heavy atom. The lowest BCUT2D eigenvalue weighted by atomic mass is 9.90. The van der Waals surface area contributed by atoms with Gasteiger partial charge in [0.25, 0.3) is 0 Å². The van der Waals surface area contributed by atoms with Crippen molar-refractivity contribution in [3.8, 4) is 11.5 Å². The zero-order valence-electron chi connectivity index (χ0n) is 21.1. The molecule has 1 amide bonds. The Bertz CT molecular complexity index is 1210. The summed E-state index contributed by atoms with van der Waals surface area (Å²) in [5.41, 5.74) is 9.42. The van der Waals surface area contributed by atoms with E-state index < -0.39 is 5.91 Å². The number of aromatic nitrogens is 1. The number of hydrogen-bond donors (Lipinski definition) is 1. The fourth-order valence-corrected chi connectivity index (χ4v) is 4.40. The van der Waals surface area contributed by atoms with Gasteiger partial charge in [-0.15, -0.1) is 0 Å². The first kappa shape index (κ1) is 25.9. The molecule has 6 nitrogen and oxygen atoms in total. The molecule has 0 atom stereocenters. The van der Waals surface area contributed by atoms with Crippen molar-refractivity contribution < 1.29 is 14.3 Å². The minimum atomic E-state index is -0.498. The number of ether oxygens (including phenoxy) is 2. The smallest absolute Gasteiger partial charge is 0.248 e. The molecule has 0 unspecified atom stereocenters. The molecule has 1 heterocycles. The van der Waals surface area contributed by atoms with E-state index >= 15 is 0 Å². The molecule has 190 valence electrons. The van der Waals surface area contributed by atoms with E-state index in [0.717, 1.165) is 31.7 Å². The molecule has 0 bridgehead atoms. The third-order valence-electron chi connectivity index (χ3n) is 6.28. The van der Waals surface area contributed by atoms with Gasteiger partial charge in [0, 0.05) is 37.3 Å². The van der Waals surface area contributed by atoms with Gasteiger partial charge in [-0.05, 0) is 47.9 Å². The zero-order valence-corrected chi connectivity index (χ0v) is 21.1. The summed E-state index contributed by atoms with van der Waals surface area (Å²) in [7, 11) is 1.58. The number of methoxy groups -OCH3 is 1. The largest absolute Gasteiger partial charge is 0.493 e. The summed E-state index contributed by atoms with van der Waals surface area (Å²) in [5, 5.41) is 0. The van der Waals surface area contributed by atoms with Crippen LogP contribution in [0.1, 0.15) is 39.5 Å². The number of benzene rings is 3. The van der Waals surface area contributed by atoms with E-state index in [4.69, 9.17) is 15.2 Å². The van der Waals surface area contributed by atoms with Gasteiger partial charge in [-0.1, -0.05) is 66.7 Å². The lowest BCUT2D eigenvalue weighted by molar-refractivity contribution is 0.0999. The standard InChI is InChI=1S/C31H33N3O3/c1-36-29-17-16-26(31(32)35)21-30(29)37-20-10-19-34(22-27-15-8-9-18-33-27)23-28(24-11-4-2-5-12-24)25-13-6-3-7-14-25/h2-9,11-18,21,28H,10,19-20,22-23H2,1H3,(H2,32,35). The highest BCUT2D eigenvalue weighted by Crippen LogP contribution is 2.29. The number of primary amides is 1. The van der Waals surface area contributed by atoms with Crippen LogP contribution in [0.2, 0.25) is 0 Å². The second-order valence-electron chi connectivity index (χ2n) is 8.86. The fraction of sp³-hybridized carbons (Fsp3) is 0.226. The molecule has 0 saturated carbocycles. The topological polar surface area (TPSA) is 77.7 Å². The monoisotopic (exact) mass is 495 g/mol. The third-order valence-corrected chi connectivity index (χ3v) is 6.28.